The maximum atomic E-state index is 11.3. The zero-order valence-corrected chi connectivity index (χ0v) is 9.98. The molecular weight excluding hydrogens is 244 g/mol. The fourth-order valence-electron chi connectivity index (χ4n) is 1.98. The Morgan fingerprint density at radius 3 is 2.37 bits per heavy atom. The third-order valence-corrected chi connectivity index (χ3v) is 2.84. The van der Waals surface area contributed by atoms with Gasteiger partial charge >= 0.3 is 11.9 Å². The molecule has 0 amide bonds. The van der Waals surface area contributed by atoms with Crippen LogP contribution in [0.4, 0.5) is 0 Å². The first-order chi connectivity index (χ1) is 9.09. The minimum Gasteiger partial charge on any atom is -0.481 e. The molecule has 0 spiro atoms. The van der Waals surface area contributed by atoms with E-state index in [4.69, 9.17) is 5.11 Å². The number of aliphatic carboxylic acids is 2. The summed E-state index contributed by atoms with van der Waals surface area (Å²) in [4.78, 5) is 22.4. The first-order valence-corrected chi connectivity index (χ1v) is 5.70. The van der Waals surface area contributed by atoms with Gasteiger partial charge in [-0.3, -0.25) is 4.79 Å². The lowest BCUT2D eigenvalue weighted by Crippen LogP contribution is -2.24. The van der Waals surface area contributed by atoms with Crippen molar-refractivity contribution in [3.05, 3.63) is 65.3 Å². The molecule has 0 aromatic heterocycles. The molecule has 19 heavy (non-hydrogen) atoms. The summed E-state index contributed by atoms with van der Waals surface area (Å²) >= 11 is 0. The largest absolute Gasteiger partial charge is 0.481 e. The molecule has 2 rings (SSSR count). The van der Waals surface area contributed by atoms with E-state index in [1.54, 1.807) is 18.2 Å². The van der Waals surface area contributed by atoms with Crippen LogP contribution in [0.25, 0.3) is 6.08 Å². The summed E-state index contributed by atoms with van der Waals surface area (Å²) in [7, 11) is 0. The van der Waals surface area contributed by atoms with Crippen LogP contribution in [0, 0.1) is 5.92 Å². The van der Waals surface area contributed by atoms with Gasteiger partial charge in [-0.2, -0.15) is 0 Å². The van der Waals surface area contributed by atoms with Gasteiger partial charge < -0.3 is 10.2 Å². The Morgan fingerprint density at radius 2 is 1.79 bits per heavy atom. The average molecular weight is 256 g/mol. The maximum Gasteiger partial charge on any atom is 0.332 e. The van der Waals surface area contributed by atoms with Gasteiger partial charge in [0.2, 0.25) is 0 Å². The molecule has 1 atom stereocenters. The molecule has 1 aliphatic rings. The maximum absolute atomic E-state index is 11.3. The average Bonchev–Trinajstić information content (AvgIpc) is 2.39. The smallest absolute Gasteiger partial charge is 0.332 e. The van der Waals surface area contributed by atoms with E-state index >= 15 is 0 Å². The number of allylic oxidation sites excluding steroid dienone is 3. The van der Waals surface area contributed by atoms with Gasteiger partial charge in [0.15, 0.2) is 0 Å². The lowest BCUT2D eigenvalue weighted by atomic mass is 9.86. The fourth-order valence-corrected chi connectivity index (χ4v) is 1.98. The molecule has 0 fully saturated rings. The highest BCUT2D eigenvalue weighted by Crippen LogP contribution is 2.28. The van der Waals surface area contributed by atoms with E-state index in [-0.39, 0.29) is 5.57 Å². The molecule has 0 saturated carbocycles. The number of rotatable bonds is 3. The van der Waals surface area contributed by atoms with E-state index in [2.05, 4.69) is 0 Å². The van der Waals surface area contributed by atoms with E-state index in [9.17, 15) is 14.7 Å². The van der Waals surface area contributed by atoms with E-state index in [1.165, 1.54) is 6.08 Å². The topological polar surface area (TPSA) is 74.6 Å². The minimum absolute atomic E-state index is 0.128. The second kappa shape index (κ2) is 5.35. The molecule has 2 N–H and O–H groups in total. The number of carboxylic acids is 2. The van der Waals surface area contributed by atoms with Crippen molar-refractivity contribution in [2.45, 2.75) is 0 Å². The predicted molar refractivity (Wildman–Crippen MR) is 70.4 cm³/mol. The molecule has 4 heteroatoms. The summed E-state index contributed by atoms with van der Waals surface area (Å²) in [6.07, 6.45) is 6.19. The zero-order valence-electron chi connectivity index (χ0n) is 9.98. The molecule has 1 aliphatic carbocycles. The van der Waals surface area contributed by atoms with Gasteiger partial charge in [0, 0.05) is 0 Å². The van der Waals surface area contributed by atoms with Crippen LogP contribution >= 0.6 is 0 Å². The normalized spacial score (nSPS) is 20.1. The Bertz CT molecular complexity index is 594. The summed E-state index contributed by atoms with van der Waals surface area (Å²) in [5.74, 6) is -3.52. The first-order valence-electron chi connectivity index (χ1n) is 5.70. The molecule has 1 aromatic rings. The molecule has 0 heterocycles. The molecule has 0 saturated heterocycles. The number of carbonyl (C=O) groups is 2. The lowest BCUT2D eigenvalue weighted by molar-refractivity contribution is -0.142. The van der Waals surface area contributed by atoms with E-state index in [1.807, 2.05) is 30.3 Å². The Kier molecular flexibility index (Phi) is 3.61. The van der Waals surface area contributed by atoms with Crippen LogP contribution in [0.15, 0.2) is 59.7 Å². The molecule has 1 aromatic carbocycles. The van der Waals surface area contributed by atoms with Gasteiger partial charge in [-0.25, -0.2) is 4.79 Å². The Morgan fingerprint density at radius 1 is 1.11 bits per heavy atom. The Balaban J connectivity index is 2.44. The van der Waals surface area contributed by atoms with Crippen LogP contribution in [0.1, 0.15) is 5.56 Å². The summed E-state index contributed by atoms with van der Waals surface area (Å²) in [6.45, 7) is 0. The van der Waals surface area contributed by atoms with Crippen LogP contribution < -0.4 is 0 Å². The summed E-state index contributed by atoms with van der Waals surface area (Å²) in [6, 6.07) is 9.19. The van der Waals surface area contributed by atoms with Gasteiger partial charge in [0.05, 0.1) is 5.57 Å². The number of benzene rings is 1. The van der Waals surface area contributed by atoms with Crippen LogP contribution in [-0.2, 0) is 9.59 Å². The van der Waals surface area contributed by atoms with Crippen LogP contribution in [0.5, 0.6) is 0 Å². The lowest BCUT2D eigenvalue weighted by Gasteiger charge is -2.17. The predicted octanol–water partition coefficient (Wildman–Crippen LogP) is 2.35. The quantitative estimate of drug-likeness (QED) is 0.870. The molecule has 0 radical (unpaired) electrons. The monoisotopic (exact) mass is 256 g/mol. The van der Waals surface area contributed by atoms with Gasteiger partial charge in [-0.15, -0.1) is 0 Å². The van der Waals surface area contributed by atoms with E-state index in [0.717, 1.165) is 5.56 Å². The van der Waals surface area contributed by atoms with Gasteiger partial charge in [-0.1, -0.05) is 54.6 Å². The number of hydrogen-bond donors (Lipinski definition) is 2. The summed E-state index contributed by atoms with van der Waals surface area (Å²) < 4.78 is 0. The second-order valence-corrected chi connectivity index (χ2v) is 4.11. The van der Waals surface area contributed by atoms with Crippen LogP contribution in [0.3, 0.4) is 0 Å². The fraction of sp³-hybridized carbons (Fsp3) is 0.0667. The summed E-state index contributed by atoms with van der Waals surface area (Å²) in [5.41, 5.74) is 1.16. The highest BCUT2D eigenvalue weighted by Gasteiger charge is 2.31. The van der Waals surface area contributed by atoms with Crippen molar-refractivity contribution in [3.63, 3.8) is 0 Å². The second-order valence-electron chi connectivity index (χ2n) is 4.11. The van der Waals surface area contributed by atoms with Crippen molar-refractivity contribution in [2.75, 3.05) is 0 Å². The molecule has 1 unspecified atom stereocenters. The van der Waals surface area contributed by atoms with Crippen molar-refractivity contribution in [3.8, 4) is 0 Å². The highest BCUT2D eigenvalue weighted by molar-refractivity contribution is 5.97. The van der Waals surface area contributed by atoms with E-state index in [0.29, 0.717) is 5.57 Å². The van der Waals surface area contributed by atoms with Crippen molar-refractivity contribution in [1.29, 1.82) is 0 Å². The Labute approximate surface area is 110 Å². The van der Waals surface area contributed by atoms with Gasteiger partial charge in [0.25, 0.3) is 0 Å². The van der Waals surface area contributed by atoms with E-state index < -0.39 is 17.9 Å². The van der Waals surface area contributed by atoms with Crippen molar-refractivity contribution >= 4 is 18.0 Å². The molecule has 96 valence electrons. The molecule has 4 nitrogen and oxygen atoms in total. The number of hydrogen-bond acceptors (Lipinski definition) is 2. The zero-order chi connectivity index (χ0) is 13.8. The molecule has 0 aliphatic heterocycles. The minimum atomic E-state index is -1.21. The number of carboxylic acid groups (broad SMARTS) is 2. The standard InChI is InChI=1S/C15H12O4/c16-14(17)12-8-4-7-11(13(12)15(18)19)9-10-5-2-1-3-6-10/h1-9,13H,(H,16,17)(H,18,19). The van der Waals surface area contributed by atoms with Crippen LogP contribution in [0.2, 0.25) is 0 Å². The van der Waals surface area contributed by atoms with Crippen molar-refractivity contribution < 1.29 is 19.8 Å². The third kappa shape index (κ3) is 2.80. The van der Waals surface area contributed by atoms with Gasteiger partial charge in [-0.05, 0) is 11.1 Å². The van der Waals surface area contributed by atoms with Crippen molar-refractivity contribution in [2.24, 2.45) is 5.92 Å². The third-order valence-electron chi connectivity index (χ3n) is 2.84. The van der Waals surface area contributed by atoms with Crippen molar-refractivity contribution in [1.82, 2.24) is 0 Å². The molecular formula is C15H12O4. The first kappa shape index (κ1) is 12.8. The Hall–Kier alpha value is -2.62. The summed E-state index contributed by atoms with van der Waals surface area (Å²) in [5, 5.41) is 18.3. The molecule has 0 bridgehead atoms. The van der Waals surface area contributed by atoms with Crippen LogP contribution in [-0.4, -0.2) is 22.2 Å². The van der Waals surface area contributed by atoms with Gasteiger partial charge in [0.1, 0.15) is 5.92 Å². The highest BCUT2D eigenvalue weighted by atomic mass is 16.4. The SMILES string of the molecule is O=C(O)C1=CC=CC(=Cc2ccccc2)C1C(=O)O.